The van der Waals surface area contributed by atoms with Crippen molar-refractivity contribution < 1.29 is 17.9 Å². The van der Waals surface area contributed by atoms with E-state index in [1.165, 1.54) is 11.4 Å². The zero-order valence-electron chi connectivity index (χ0n) is 12.2. The van der Waals surface area contributed by atoms with Crippen LogP contribution < -0.4 is 5.32 Å². The van der Waals surface area contributed by atoms with E-state index in [9.17, 15) is 13.2 Å². The first-order valence-electron chi connectivity index (χ1n) is 6.81. The molecule has 0 radical (unpaired) electrons. The van der Waals surface area contributed by atoms with Crippen molar-refractivity contribution in [3.05, 3.63) is 35.4 Å². The normalized spacial score (nSPS) is 20.2. The molecule has 0 amide bonds. The number of rotatable bonds is 4. The molecule has 1 fully saturated rings. The van der Waals surface area contributed by atoms with E-state index in [1.54, 1.807) is 24.3 Å². The number of methoxy groups -OCH3 is 1. The van der Waals surface area contributed by atoms with E-state index in [0.29, 0.717) is 30.8 Å². The van der Waals surface area contributed by atoms with Crippen molar-refractivity contribution in [2.75, 3.05) is 26.7 Å². The van der Waals surface area contributed by atoms with Crippen molar-refractivity contribution in [1.29, 1.82) is 0 Å². The summed E-state index contributed by atoms with van der Waals surface area (Å²) in [5, 5.41) is 3.21. The largest absolute Gasteiger partial charge is 0.465 e. The highest BCUT2D eigenvalue weighted by molar-refractivity contribution is 7.88. The first kappa shape index (κ1) is 15.9. The molecule has 0 aromatic heterocycles. The number of hydrogen-bond donors (Lipinski definition) is 1. The number of nitrogens with one attached hydrogen (secondary N) is 1. The van der Waals surface area contributed by atoms with Crippen LogP contribution in [0, 0.1) is 0 Å². The molecule has 1 aromatic carbocycles. The van der Waals surface area contributed by atoms with E-state index in [-0.39, 0.29) is 11.8 Å². The van der Waals surface area contributed by atoms with Gasteiger partial charge in [-0.25, -0.2) is 13.2 Å². The Balaban J connectivity index is 2.22. The van der Waals surface area contributed by atoms with Gasteiger partial charge < -0.3 is 10.1 Å². The zero-order chi connectivity index (χ0) is 15.5. The molecule has 1 aliphatic rings. The molecule has 1 aliphatic heterocycles. The minimum absolute atomic E-state index is 0.129. The SMILES string of the molecule is COC(=O)c1ccccc1CS(=O)(=O)N1CCNC(C)C1. The highest BCUT2D eigenvalue weighted by Gasteiger charge is 2.28. The molecule has 1 N–H and O–H groups in total. The van der Waals surface area contributed by atoms with Crippen LogP contribution in [0.3, 0.4) is 0 Å². The predicted molar refractivity (Wildman–Crippen MR) is 79.4 cm³/mol. The first-order chi connectivity index (χ1) is 9.94. The lowest BCUT2D eigenvalue weighted by molar-refractivity contribution is 0.0600. The number of nitrogens with zero attached hydrogens (tertiary/aromatic N) is 1. The van der Waals surface area contributed by atoms with Gasteiger partial charge in [-0.3, -0.25) is 0 Å². The quantitative estimate of drug-likeness (QED) is 0.824. The Morgan fingerprint density at radius 3 is 2.81 bits per heavy atom. The van der Waals surface area contributed by atoms with Crippen molar-refractivity contribution in [3.63, 3.8) is 0 Å². The molecule has 21 heavy (non-hydrogen) atoms. The van der Waals surface area contributed by atoms with E-state index >= 15 is 0 Å². The molecule has 1 heterocycles. The summed E-state index contributed by atoms with van der Waals surface area (Å²) in [6, 6.07) is 6.77. The van der Waals surface area contributed by atoms with Crippen molar-refractivity contribution in [1.82, 2.24) is 9.62 Å². The maximum Gasteiger partial charge on any atom is 0.338 e. The summed E-state index contributed by atoms with van der Waals surface area (Å²) in [5.74, 6) is -0.708. The number of sulfonamides is 1. The number of hydrogen-bond acceptors (Lipinski definition) is 5. The molecule has 0 saturated carbocycles. The molecule has 1 aromatic rings. The molecule has 116 valence electrons. The number of esters is 1. The number of ether oxygens (including phenoxy) is 1. The number of carbonyl (C=O) groups is 1. The number of carbonyl (C=O) groups excluding carboxylic acids is 1. The van der Waals surface area contributed by atoms with E-state index in [0.717, 1.165) is 0 Å². The van der Waals surface area contributed by atoms with Crippen LogP contribution in [-0.2, 0) is 20.5 Å². The maximum atomic E-state index is 12.5. The van der Waals surface area contributed by atoms with Crippen molar-refractivity contribution in [2.24, 2.45) is 0 Å². The number of benzene rings is 1. The highest BCUT2D eigenvalue weighted by Crippen LogP contribution is 2.17. The van der Waals surface area contributed by atoms with Gasteiger partial charge in [-0.15, -0.1) is 0 Å². The minimum Gasteiger partial charge on any atom is -0.465 e. The van der Waals surface area contributed by atoms with Gasteiger partial charge in [0.2, 0.25) is 10.0 Å². The summed E-state index contributed by atoms with van der Waals surface area (Å²) in [5.41, 5.74) is 0.766. The average molecular weight is 312 g/mol. The Labute approximate surface area is 125 Å². The molecule has 1 unspecified atom stereocenters. The molecule has 6 nitrogen and oxygen atoms in total. The summed E-state index contributed by atoms with van der Waals surface area (Å²) >= 11 is 0. The fourth-order valence-electron chi connectivity index (χ4n) is 2.39. The Morgan fingerprint density at radius 1 is 1.43 bits per heavy atom. The van der Waals surface area contributed by atoms with E-state index < -0.39 is 16.0 Å². The lowest BCUT2D eigenvalue weighted by Crippen LogP contribution is -2.51. The van der Waals surface area contributed by atoms with Gasteiger partial charge >= 0.3 is 5.97 Å². The van der Waals surface area contributed by atoms with E-state index in [1.807, 2.05) is 6.92 Å². The predicted octanol–water partition coefficient (Wildman–Crippen LogP) is 0.597. The summed E-state index contributed by atoms with van der Waals surface area (Å²) in [6.07, 6.45) is 0. The Hall–Kier alpha value is -1.44. The Bertz CT molecular complexity index is 615. The van der Waals surface area contributed by atoms with Crippen LogP contribution >= 0.6 is 0 Å². The summed E-state index contributed by atoms with van der Waals surface area (Å²) in [6.45, 7) is 3.49. The molecular formula is C14H20N2O4S. The van der Waals surface area contributed by atoms with Gasteiger partial charge in [0.25, 0.3) is 0 Å². The lowest BCUT2D eigenvalue weighted by atomic mass is 10.1. The van der Waals surface area contributed by atoms with Crippen molar-refractivity contribution >= 4 is 16.0 Å². The van der Waals surface area contributed by atoms with Crippen LogP contribution in [0.25, 0.3) is 0 Å². The van der Waals surface area contributed by atoms with Crippen LogP contribution in [0.2, 0.25) is 0 Å². The minimum atomic E-state index is -3.45. The smallest absolute Gasteiger partial charge is 0.338 e. The third-order valence-electron chi connectivity index (χ3n) is 3.49. The molecule has 0 aliphatic carbocycles. The molecule has 0 spiro atoms. The molecule has 1 atom stereocenters. The van der Waals surface area contributed by atoms with Gasteiger partial charge in [0.1, 0.15) is 0 Å². The second kappa shape index (κ2) is 6.55. The first-order valence-corrected chi connectivity index (χ1v) is 8.42. The van der Waals surface area contributed by atoms with Crippen LogP contribution in [-0.4, -0.2) is 51.5 Å². The second-order valence-corrected chi connectivity index (χ2v) is 7.09. The van der Waals surface area contributed by atoms with E-state index in [2.05, 4.69) is 5.32 Å². The third kappa shape index (κ3) is 3.81. The standard InChI is InChI=1S/C14H20N2O4S/c1-11-9-16(8-7-15-11)21(18,19)10-12-5-3-4-6-13(12)14(17)20-2/h3-6,11,15H,7-10H2,1-2H3. The fraction of sp³-hybridized carbons (Fsp3) is 0.500. The highest BCUT2D eigenvalue weighted by atomic mass is 32.2. The third-order valence-corrected chi connectivity index (χ3v) is 5.28. The molecule has 1 saturated heterocycles. The van der Waals surface area contributed by atoms with Gasteiger partial charge in [0, 0.05) is 25.7 Å². The monoisotopic (exact) mass is 312 g/mol. The Kier molecular flexibility index (Phi) is 4.97. The molecule has 2 rings (SSSR count). The van der Waals surface area contributed by atoms with Gasteiger partial charge in [-0.05, 0) is 18.6 Å². The summed E-state index contributed by atoms with van der Waals surface area (Å²) in [4.78, 5) is 11.7. The van der Waals surface area contributed by atoms with Crippen LogP contribution in [0.15, 0.2) is 24.3 Å². The van der Waals surface area contributed by atoms with Gasteiger partial charge in [-0.2, -0.15) is 4.31 Å². The van der Waals surface area contributed by atoms with Crippen molar-refractivity contribution in [2.45, 2.75) is 18.7 Å². The van der Waals surface area contributed by atoms with Gasteiger partial charge in [-0.1, -0.05) is 18.2 Å². The summed E-state index contributed by atoms with van der Waals surface area (Å²) in [7, 11) is -2.16. The summed E-state index contributed by atoms with van der Waals surface area (Å²) < 4.78 is 31.2. The van der Waals surface area contributed by atoms with Gasteiger partial charge in [0.05, 0.1) is 18.4 Å². The van der Waals surface area contributed by atoms with Crippen LogP contribution in [0.5, 0.6) is 0 Å². The Morgan fingerprint density at radius 2 is 2.14 bits per heavy atom. The zero-order valence-corrected chi connectivity index (χ0v) is 13.0. The lowest BCUT2D eigenvalue weighted by Gasteiger charge is -2.31. The van der Waals surface area contributed by atoms with Crippen LogP contribution in [0.4, 0.5) is 0 Å². The molecule has 0 bridgehead atoms. The second-order valence-electron chi connectivity index (χ2n) is 5.12. The number of piperazine rings is 1. The average Bonchev–Trinajstić information content (AvgIpc) is 2.46. The maximum absolute atomic E-state index is 12.5. The molecular weight excluding hydrogens is 292 g/mol. The fourth-order valence-corrected chi connectivity index (χ4v) is 4.04. The molecule has 7 heteroatoms. The van der Waals surface area contributed by atoms with Crippen LogP contribution in [0.1, 0.15) is 22.8 Å². The van der Waals surface area contributed by atoms with Gasteiger partial charge in [0.15, 0.2) is 0 Å². The van der Waals surface area contributed by atoms with E-state index in [4.69, 9.17) is 4.74 Å². The van der Waals surface area contributed by atoms with Crippen molar-refractivity contribution in [3.8, 4) is 0 Å². The topological polar surface area (TPSA) is 75.7 Å².